The smallest absolute Gasteiger partial charge is 0.342 e. The second-order valence-electron chi connectivity index (χ2n) is 9.79. The normalized spacial score (nSPS) is 21.0. The van der Waals surface area contributed by atoms with Crippen molar-refractivity contribution in [1.82, 2.24) is 0 Å². The molecule has 0 radical (unpaired) electrons. The van der Waals surface area contributed by atoms with Gasteiger partial charge in [-0.3, -0.25) is 0 Å². The van der Waals surface area contributed by atoms with Gasteiger partial charge in [0, 0.05) is 24.6 Å². The largest absolute Gasteiger partial charge is 0.507 e. The molecule has 3 aromatic rings. The number of rotatable bonds is 12. The number of aromatic hydroxyl groups is 3. The van der Waals surface area contributed by atoms with Gasteiger partial charge in [0.2, 0.25) is 17.8 Å². The van der Waals surface area contributed by atoms with Crippen LogP contribution in [0.5, 0.6) is 40.2 Å². The van der Waals surface area contributed by atoms with Crippen LogP contribution in [-0.2, 0) is 15.9 Å². The van der Waals surface area contributed by atoms with E-state index >= 15 is 0 Å². The lowest BCUT2D eigenvalue weighted by molar-refractivity contribution is -0.277. The molecule has 0 unspecified atom stereocenters. The number of hydrogen-bond donors (Lipinski definition) is 7. The molecule has 15 heteroatoms. The predicted molar refractivity (Wildman–Crippen MR) is 151 cm³/mol. The molecule has 0 spiro atoms. The molecule has 15 nitrogen and oxygen atoms in total. The van der Waals surface area contributed by atoms with Crippen molar-refractivity contribution in [3.05, 3.63) is 65.2 Å². The average molecular weight is 633 g/mol. The second-order valence-corrected chi connectivity index (χ2v) is 9.79. The van der Waals surface area contributed by atoms with Crippen molar-refractivity contribution in [3.8, 4) is 40.2 Å². The van der Waals surface area contributed by atoms with Gasteiger partial charge in [-0.1, -0.05) is 30.3 Å². The van der Waals surface area contributed by atoms with Crippen molar-refractivity contribution in [3.63, 3.8) is 0 Å². The second kappa shape index (κ2) is 14.2. The third kappa shape index (κ3) is 7.24. The average Bonchev–Trinajstić information content (AvgIpc) is 3.02. The Labute approximate surface area is 255 Å². The summed E-state index contributed by atoms with van der Waals surface area (Å²) in [4.78, 5) is 24.3. The molecule has 0 aliphatic carbocycles. The molecule has 0 saturated carbocycles. The zero-order valence-electron chi connectivity index (χ0n) is 24.0. The van der Waals surface area contributed by atoms with Crippen LogP contribution in [0.1, 0.15) is 26.3 Å². The van der Waals surface area contributed by atoms with Crippen molar-refractivity contribution >= 4 is 11.9 Å². The van der Waals surface area contributed by atoms with Gasteiger partial charge < -0.3 is 64.2 Å². The van der Waals surface area contributed by atoms with E-state index in [-0.39, 0.29) is 23.9 Å². The number of aromatic carboxylic acids is 1. The van der Waals surface area contributed by atoms with Gasteiger partial charge in [-0.05, 0) is 5.56 Å². The Balaban J connectivity index is 1.48. The minimum absolute atomic E-state index is 0.0259. The number of ether oxygens (including phenoxy) is 6. The molecule has 0 bridgehead atoms. The number of phenolic OH excluding ortho intramolecular Hbond substituents is 2. The number of aliphatic hydroxyl groups is 3. The molecule has 1 fully saturated rings. The Morgan fingerprint density at radius 3 is 2.13 bits per heavy atom. The van der Waals surface area contributed by atoms with Crippen LogP contribution in [0.2, 0.25) is 0 Å². The number of hydrogen-bond acceptors (Lipinski definition) is 14. The Bertz CT molecular complexity index is 1510. The maximum Gasteiger partial charge on any atom is 0.342 e. The first-order valence-electron chi connectivity index (χ1n) is 13.4. The summed E-state index contributed by atoms with van der Waals surface area (Å²) in [5.74, 6) is -5.66. The number of methoxy groups -OCH3 is 2. The zero-order valence-corrected chi connectivity index (χ0v) is 24.0. The topological polar surface area (TPSA) is 231 Å². The summed E-state index contributed by atoms with van der Waals surface area (Å²) in [7, 11) is 2.41. The summed E-state index contributed by atoms with van der Waals surface area (Å²) < 4.78 is 32.0. The number of carboxylic acid groups (broad SMARTS) is 1. The maximum atomic E-state index is 13.0. The lowest BCUT2D eigenvalue weighted by atomic mass is 9.99. The summed E-state index contributed by atoms with van der Waals surface area (Å²) in [5, 5.41) is 71.9. The number of benzene rings is 3. The van der Waals surface area contributed by atoms with Crippen molar-refractivity contribution in [2.45, 2.75) is 37.1 Å². The van der Waals surface area contributed by atoms with Crippen LogP contribution in [0.15, 0.2) is 48.5 Å². The molecule has 7 N–H and O–H groups in total. The number of carbonyl (C=O) groups is 2. The van der Waals surface area contributed by atoms with Crippen molar-refractivity contribution < 1.29 is 73.8 Å². The molecular formula is C30H32O15. The lowest BCUT2D eigenvalue weighted by Crippen LogP contribution is -2.60. The monoisotopic (exact) mass is 632 g/mol. The quantitative estimate of drug-likeness (QED) is 0.139. The first-order valence-corrected chi connectivity index (χ1v) is 13.4. The fraction of sp³-hybridized carbons (Fsp3) is 0.333. The fourth-order valence-electron chi connectivity index (χ4n) is 4.46. The third-order valence-corrected chi connectivity index (χ3v) is 6.92. The maximum absolute atomic E-state index is 13.0. The zero-order chi connectivity index (χ0) is 32.8. The number of carbonyl (C=O) groups excluding carboxylic acids is 1. The van der Waals surface area contributed by atoms with E-state index in [1.165, 1.54) is 14.2 Å². The summed E-state index contributed by atoms with van der Waals surface area (Å²) in [6, 6.07) is 12.1. The van der Waals surface area contributed by atoms with Crippen LogP contribution in [0.25, 0.3) is 0 Å². The molecule has 5 atom stereocenters. The van der Waals surface area contributed by atoms with Crippen molar-refractivity contribution in [1.29, 1.82) is 0 Å². The first kappa shape index (κ1) is 32.9. The van der Waals surface area contributed by atoms with Crippen LogP contribution in [-0.4, -0.2) is 106 Å². The molecule has 242 valence electrons. The Morgan fingerprint density at radius 2 is 1.49 bits per heavy atom. The third-order valence-electron chi connectivity index (χ3n) is 6.92. The van der Waals surface area contributed by atoms with Gasteiger partial charge in [0.1, 0.15) is 47.9 Å². The Kier molecular flexibility index (Phi) is 10.4. The van der Waals surface area contributed by atoms with Crippen LogP contribution in [0, 0.1) is 0 Å². The molecule has 3 aromatic carbocycles. The lowest BCUT2D eigenvalue weighted by Gasteiger charge is -2.40. The van der Waals surface area contributed by atoms with E-state index in [0.29, 0.717) is 6.42 Å². The van der Waals surface area contributed by atoms with Crippen LogP contribution in [0.3, 0.4) is 0 Å². The highest BCUT2D eigenvalue weighted by Crippen LogP contribution is 2.46. The number of aliphatic hydroxyl groups excluding tert-OH is 3. The van der Waals surface area contributed by atoms with E-state index in [1.54, 1.807) is 0 Å². The highest BCUT2D eigenvalue weighted by atomic mass is 16.7. The highest BCUT2D eigenvalue weighted by molar-refractivity contribution is 5.95. The molecule has 4 rings (SSSR count). The predicted octanol–water partition coefficient (Wildman–Crippen LogP) is 1.18. The van der Waals surface area contributed by atoms with Gasteiger partial charge >= 0.3 is 11.9 Å². The molecule has 1 heterocycles. The van der Waals surface area contributed by atoms with Gasteiger partial charge in [-0.15, -0.1) is 0 Å². The van der Waals surface area contributed by atoms with E-state index in [4.69, 9.17) is 28.4 Å². The van der Waals surface area contributed by atoms with E-state index in [9.17, 15) is 45.3 Å². The van der Waals surface area contributed by atoms with Crippen molar-refractivity contribution in [2.24, 2.45) is 0 Å². The highest BCUT2D eigenvalue weighted by Gasteiger charge is 2.46. The summed E-state index contributed by atoms with van der Waals surface area (Å²) in [6.45, 7) is -0.700. The summed E-state index contributed by atoms with van der Waals surface area (Å²) >= 11 is 0. The minimum Gasteiger partial charge on any atom is -0.507 e. The first-order chi connectivity index (χ1) is 21.5. The van der Waals surface area contributed by atoms with E-state index < -0.39 is 83.4 Å². The molecule has 1 saturated heterocycles. The summed E-state index contributed by atoms with van der Waals surface area (Å²) in [5.41, 5.74) is -0.0349. The standard InChI is InChI=1S/C30H32O15/c1-40-18-10-15(28(37)38)17(31)12-19(18)44-30-26(36)25(35)23(33)21(45-30)13-43-29(39)16-11-20(41-2)24(34)27(22(16)32)42-9-8-14-6-4-3-5-7-14/h3-7,10-12,21,23,25-26,30-36H,8-9,13H2,1-2H3,(H,37,38)/t21-,23-,25+,26-,30-/m1/s1. The van der Waals surface area contributed by atoms with Gasteiger partial charge in [0.25, 0.3) is 0 Å². The van der Waals surface area contributed by atoms with Crippen LogP contribution < -0.4 is 18.9 Å². The van der Waals surface area contributed by atoms with Crippen molar-refractivity contribution in [2.75, 3.05) is 27.4 Å². The van der Waals surface area contributed by atoms with Gasteiger partial charge in [-0.25, -0.2) is 9.59 Å². The van der Waals surface area contributed by atoms with Gasteiger partial charge in [-0.2, -0.15) is 0 Å². The summed E-state index contributed by atoms with van der Waals surface area (Å²) in [6.07, 6.45) is -8.28. The molecule has 1 aliphatic heterocycles. The number of esters is 1. The minimum atomic E-state index is -1.86. The Morgan fingerprint density at radius 1 is 0.822 bits per heavy atom. The van der Waals surface area contributed by atoms with E-state index in [2.05, 4.69) is 0 Å². The molecule has 0 aromatic heterocycles. The number of carboxylic acids is 1. The molecule has 45 heavy (non-hydrogen) atoms. The number of phenols is 3. The van der Waals surface area contributed by atoms with Crippen LogP contribution in [0.4, 0.5) is 0 Å². The van der Waals surface area contributed by atoms with E-state index in [0.717, 1.165) is 23.8 Å². The molecular weight excluding hydrogens is 600 g/mol. The molecule has 1 aliphatic rings. The Hall–Kier alpha value is -4.96. The SMILES string of the molecule is COc1cc(C(=O)O)c(O)cc1O[C@@H]1O[C@H](COC(=O)c2cc(OC)c(O)c(OCCc3ccccc3)c2O)[C@@H](O)[C@H](O)[C@H]1O. The fourth-order valence-corrected chi connectivity index (χ4v) is 4.46. The van der Waals surface area contributed by atoms with Gasteiger partial charge in [0.05, 0.1) is 20.8 Å². The molecule has 0 amide bonds. The van der Waals surface area contributed by atoms with Crippen LogP contribution >= 0.6 is 0 Å². The van der Waals surface area contributed by atoms with E-state index in [1.807, 2.05) is 30.3 Å². The van der Waals surface area contributed by atoms with Gasteiger partial charge in [0.15, 0.2) is 23.0 Å².